The van der Waals surface area contributed by atoms with Crippen LogP contribution in [0.3, 0.4) is 0 Å². The molecule has 1 saturated heterocycles. The van der Waals surface area contributed by atoms with Gasteiger partial charge in [-0.2, -0.15) is 10.5 Å². The molecule has 0 radical (unpaired) electrons. The third kappa shape index (κ3) is 5.59. The average Bonchev–Trinajstić information content (AvgIpc) is 3.75. The number of carbonyl (C=O) groups is 3. The Morgan fingerprint density at radius 3 is 2.20 bits per heavy atom. The highest BCUT2D eigenvalue weighted by Crippen LogP contribution is 2.49. The first kappa shape index (κ1) is 30.5. The number of rotatable bonds is 9. The lowest BCUT2D eigenvalue weighted by Gasteiger charge is -2.37. The van der Waals surface area contributed by atoms with Gasteiger partial charge < -0.3 is 21.7 Å². The fourth-order valence-corrected chi connectivity index (χ4v) is 6.87. The Bertz CT molecular complexity index is 1770. The van der Waals surface area contributed by atoms with Gasteiger partial charge in [-0.25, -0.2) is 4.39 Å². The molecule has 1 fully saturated rings. The third-order valence-electron chi connectivity index (χ3n) is 9.09. The van der Waals surface area contributed by atoms with Crippen LogP contribution in [0.15, 0.2) is 60.7 Å². The van der Waals surface area contributed by atoms with Gasteiger partial charge in [0.1, 0.15) is 11.9 Å². The van der Waals surface area contributed by atoms with E-state index in [1.165, 1.54) is 12.1 Å². The molecule has 1 aliphatic heterocycles. The summed E-state index contributed by atoms with van der Waals surface area (Å²) in [4.78, 5) is 39.4. The number of nitrogens with one attached hydrogen (secondary N) is 2. The largest absolute Gasteiger partial charge is 0.366 e. The third-order valence-corrected chi connectivity index (χ3v) is 9.09. The molecule has 1 aromatic heterocycles. The Morgan fingerprint density at radius 1 is 1.02 bits per heavy atom. The Labute approximate surface area is 264 Å². The number of likely N-dealkylation sites (tertiary alicyclic amines) is 1. The van der Waals surface area contributed by atoms with Crippen molar-refractivity contribution < 1.29 is 18.8 Å². The predicted octanol–water partition coefficient (Wildman–Crippen LogP) is 2.21. The van der Waals surface area contributed by atoms with Crippen molar-refractivity contribution in [3.63, 3.8) is 0 Å². The van der Waals surface area contributed by atoms with Crippen molar-refractivity contribution in [2.45, 2.75) is 49.6 Å². The maximum Gasteiger partial charge on any atom is 0.248 e. The molecule has 46 heavy (non-hydrogen) atoms. The molecule has 3 aromatic carbocycles. The van der Waals surface area contributed by atoms with Crippen LogP contribution in [0.2, 0.25) is 0 Å². The maximum absolute atomic E-state index is 14.1. The lowest BCUT2D eigenvalue weighted by molar-refractivity contribution is -0.130. The zero-order valence-electron chi connectivity index (χ0n) is 24.9. The molecule has 2 aliphatic rings. The van der Waals surface area contributed by atoms with Gasteiger partial charge in [0, 0.05) is 23.7 Å². The van der Waals surface area contributed by atoms with Gasteiger partial charge >= 0.3 is 0 Å². The summed E-state index contributed by atoms with van der Waals surface area (Å²) < 4.78 is 14.1. The van der Waals surface area contributed by atoms with E-state index >= 15 is 0 Å². The summed E-state index contributed by atoms with van der Waals surface area (Å²) >= 11 is 0. The van der Waals surface area contributed by atoms with E-state index in [9.17, 15) is 24.0 Å². The molecule has 0 saturated carbocycles. The highest BCUT2D eigenvalue weighted by molar-refractivity contribution is 5.94. The van der Waals surface area contributed by atoms with Crippen LogP contribution in [0, 0.1) is 17.1 Å². The Balaban J connectivity index is 1.53. The second-order valence-corrected chi connectivity index (χ2v) is 11.7. The SMILES string of the molecule is N#CC1CCCN1C(=O)CN[C@H](CC1(c2nn[nH]n2)c2ccc(C(N)=O)cc2CCc2cc(C(N)=O)ccc21)c1ccc(F)cc1. The minimum absolute atomic E-state index is 0.0799. The van der Waals surface area contributed by atoms with E-state index in [-0.39, 0.29) is 18.9 Å². The highest BCUT2D eigenvalue weighted by Gasteiger charge is 2.46. The van der Waals surface area contributed by atoms with Crippen molar-refractivity contribution in [3.8, 4) is 6.07 Å². The zero-order chi connectivity index (χ0) is 32.4. The van der Waals surface area contributed by atoms with Gasteiger partial charge in [0.25, 0.3) is 0 Å². The van der Waals surface area contributed by atoms with Gasteiger partial charge in [0.2, 0.25) is 17.7 Å². The number of tetrazole rings is 1. The molecule has 1 aliphatic carbocycles. The second kappa shape index (κ2) is 12.5. The number of nitrogens with two attached hydrogens (primary N) is 2. The topological polar surface area (TPSA) is 197 Å². The fourth-order valence-electron chi connectivity index (χ4n) is 6.87. The molecule has 12 nitrogen and oxygen atoms in total. The lowest BCUT2D eigenvalue weighted by atomic mass is 9.67. The van der Waals surface area contributed by atoms with Crippen molar-refractivity contribution in [1.82, 2.24) is 30.8 Å². The Kier molecular flexibility index (Phi) is 8.29. The van der Waals surface area contributed by atoms with Gasteiger partial charge in [-0.15, -0.1) is 10.2 Å². The minimum Gasteiger partial charge on any atom is -0.366 e. The highest BCUT2D eigenvalue weighted by atomic mass is 19.1. The van der Waals surface area contributed by atoms with Crippen LogP contribution >= 0.6 is 0 Å². The summed E-state index contributed by atoms with van der Waals surface area (Å²) in [5.41, 5.74) is 14.8. The first-order valence-electron chi connectivity index (χ1n) is 15.0. The van der Waals surface area contributed by atoms with E-state index in [4.69, 9.17) is 11.5 Å². The van der Waals surface area contributed by atoms with E-state index < -0.39 is 35.1 Å². The van der Waals surface area contributed by atoms with Gasteiger partial charge in [0.05, 0.1) is 18.0 Å². The Morgan fingerprint density at radius 2 is 1.65 bits per heavy atom. The maximum atomic E-state index is 14.1. The summed E-state index contributed by atoms with van der Waals surface area (Å²) in [7, 11) is 0. The second-order valence-electron chi connectivity index (χ2n) is 11.7. The first-order valence-corrected chi connectivity index (χ1v) is 15.0. The Hall–Kier alpha value is -5.48. The number of halogens is 1. The monoisotopic (exact) mass is 621 g/mol. The number of hydrogen-bond acceptors (Lipinski definition) is 8. The van der Waals surface area contributed by atoms with E-state index in [1.54, 1.807) is 41.3 Å². The smallest absolute Gasteiger partial charge is 0.248 e. The summed E-state index contributed by atoms with van der Waals surface area (Å²) in [6.45, 7) is 0.418. The molecule has 4 aromatic rings. The minimum atomic E-state index is -1.14. The van der Waals surface area contributed by atoms with Crippen molar-refractivity contribution in [2.75, 3.05) is 13.1 Å². The number of aryl methyl sites for hydroxylation is 2. The predicted molar refractivity (Wildman–Crippen MR) is 163 cm³/mol. The average molecular weight is 622 g/mol. The number of aromatic amines is 1. The van der Waals surface area contributed by atoms with Crippen LogP contribution in [0.5, 0.6) is 0 Å². The van der Waals surface area contributed by atoms with Crippen molar-refractivity contribution in [2.24, 2.45) is 11.5 Å². The summed E-state index contributed by atoms with van der Waals surface area (Å²) in [6.07, 6.45) is 2.60. The van der Waals surface area contributed by atoms with Gasteiger partial charge in [-0.05, 0) is 96.3 Å². The van der Waals surface area contributed by atoms with Crippen LogP contribution in [-0.2, 0) is 23.1 Å². The number of hydrogen-bond donors (Lipinski definition) is 4. The molecular weight excluding hydrogens is 589 g/mol. The number of fused-ring (bicyclic) bond motifs is 2. The molecule has 3 amide bonds. The van der Waals surface area contributed by atoms with Crippen LogP contribution < -0.4 is 16.8 Å². The molecule has 6 N–H and O–H groups in total. The fraction of sp³-hybridized carbons (Fsp3) is 0.303. The van der Waals surface area contributed by atoms with Crippen molar-refractivity contribution in [3.05, 3.63) is 111 Å². The van der Waals surface area contributed by atoms with Crippen LogP contribution in [0.1, 0.15) is 79.7 Å². The van der Waals surface area contributed by atoms with Crippen LogP contribution in [0.25, 0.3) is 0 Å². The van der Waals surface area contributed by atoms with E-state index in [1.807, 2.05) is 12.1 Å². The molecule has 234 valence electrons. The number of carbonyl (C=O) groups excluding carboxylic acids is 3. The van der Waals surface area contributed by atoms with E-state index in [0.717, 1.165) is 28.7 Å². The summed E-state index contributed by atoms with van der Waals surface area (Å²) in [5, 5.41) is 28.4. The quantitative estimate of drug-likeness (QED) is 0.218. The zero-order valence-corrected chi connectivity index (χ0v) is 24.9. The van der Waals surface area contributed by atoms with Crippen LogP contribution in [0.4, 0.5) is 4.39 Å². The lowest BCUT2D eigenvalue weighted by Crippen LogP contribution is -2.43. The van der Waals surface area contributed by atoms with Crippen LogP contribution in [-0.4, -0.2) is 62.4 Å². The summed E-state index contributed by atoms with van der Waals surface area (Å²) in [6, 6.07) is 17.6. The van der Waals surface area contributed by atoms with Crippen molar-refractivity contribution in [1.29, 1.82) is 5.26 Å². The molecule has 2 heterocycles. The number of primary amides is 2. The van der Waals surface area contributed by atoms with Crippen molar-refractivity contribution >= 4 is 17.7 Å². The standard InChI is InChI=1S/C33H32FN9O3/c34-24-9-5-19(6-10-24)28(38-18-29(44)43-13-1-2-25(43)17-35)16-33(32-39-41-42-40-32)26-11-7-22(30(36)45)14-20(26)3-4-21-15-23(31(37)46)8-12-27(21)33/h5-12,14-15,25,28,38H,1-4,13,16,18H2,(H2,36,45)(H2,37,46)(H,39,40,41,42)/t25?,28-/m1/s1. The molecule has 13 heteroatoms. The number of aromatic nitrogens is 4. The molecule has 0 bridgehead atoms. The number of nitrogens with zero attached hydrogens (tertiary/aromatic N) is 5. The molecule has 2 atom stereocenters. The number of benzene rings is 3. The number of H-pyrrole nitrogens is 1. The van der Waals surface area contributed by atoms with E-state index in [0.29, 0.717) is 48.3 Å². The molecule has 1 unspecified atom stereocenters. The van der Waals surface area contributed by atoms with Gasteiger partial charge in [-0.1, -0.05) is 29.5 Å². The number of nitriles is 1. The molecule has 6 rings (SSSR count). The first-order chi connectivity index (χ1) is 22.2. The molecule has 0 spiro atoms. The summed E-state index contributed by atoms with van der Waals surface area (Å²) in [5.74, 6) is -1.47. The van der Waals surface area contributed by atoms with Gasteiger partial charge in [0.15, 0.2) is 5.82 Å². The van der Waals surface area contributed by atoms with Gasteiger partial charge in [-0.3, -0.25) is 14.4 Å². The van der Waals surface area contributed by atoms with E-state index in [2.05, 4.69) is 32.0 Å². The normalized spacial score (nSPS) is 17.3. The molecular formula is C33H32FN9O3. The number of amides is 3.